The molecule has 4 rings (SSSR count). The molecule has 1 saturated heterocycles. The lowest BCUT2D eigenvalue weighted by Crippen LogP contribution is -2.37. The minimum atomic E-state index is 0.662. The zero-order valence-corrected chi connectivity index (χ0v) is 17.3. The normalized spacial score (nSPS) is 14.7. The second-order valence-corrected chi connectivity index (χ2v) is 8.50. The fourth-order valence-corrected chi connectivity index (χ4v) is 4.55. The van der Waals surface area contributed by atoms with Crippen molar-refractivity contribution in [1.29, 1.82) is 0 Å². The first-order valence-electron chi connectivity index (χ1n) is 8.90. The van der Waals surface area contributed by atoms with Crippen LogP contribution in [-0.4, -0.2) is 47.0 Å². The molecular weight excluding hydrogens is 402 g/mol. The second kappa shape index (κ2) is 8.60. The van der Waals surface area contributed by atoms with Crippen LogP contribution in [0.15, 0.2) is 29.4 Å². The maximum atomic E-state index is 6.27. The van der Waals surface area contributed by atoms with Gasteiger partial charge in [0.2, 0.25) is 0 Å². The van der Waals surface area contributed by atoms with Gasteiger partial charge in [-0.1, -0.05) is 53.8 Å². The lowest BCUT2D eigenvalue weighted by molar-refractivity contribution is 0.122. The molecule has 1 N–H and O–H groups in total. The van der Waals surface area contributed by atoms with Gasteiger partial charge in [-0.2, -0.15) is 0 Å². The topological polar surface area (TPSA) is 63.2 Å². The molecule has 0 atom stereocenters. The Morgan fingerprint density at radius 3 is 2.81 bits per heavy atom. The SMILES string of the molecule is CCCSc1nc(N2CCOCC2)c2nc(Nc3ccccc3Cl)sc2n1. The molecule has 1 fully saturated rings. The Bertz CT molecular complexity index is 929. The van der Waals surface area contributed by atoms with Crippen molar-refractivity contribution in [2.75, 3.05) is 42.3 Å². The average molecular weight is 422 g/mol. The number of halogens is 1. The molecule has 3 heterocycles. The Morgan fingerprint density at radius 1 is 1.22 bits per heavy atom. The molecule has 2 aromatic heterocycles. The summed E-state index contributed by atoms with van der Waals surface area (Å²) in [5, 5.41) is 5.54. The number of thioether (sulfide) groups is 1. The molecule has 27 heavy (non-hydrogen) atoms. The van der Waals surface area contributed by atoms with Crippen LogP contribution in [0.3, 0.4) is 0 Å². The van der Waals surface area contributed by atoms with E-state index >= 15 is 0 Å². The van der Waals surface area contributed by atoms with E-state index < -0.39 is 0 Å². The highest BCUT2D eigenvalue weighted by Crippen LogP contribution is 2.35. The van der Waals surface area contributed by atoms with Gasteiger partial charge in [0.05, 0.1) is 23.9 Å². The molecule has 6 nitrogen and oxygen atoms in total. The molecule has 1 aliphatic heterocycles. The van der Waals surface area contributed by atoms with Crippen LogP contribution in [-0.2, 0) is 4.74 Å². The Kier molecular flexibility index (Phi) is 5.97. The number of nitrogens with zero attached hydrogens (tertiary/aromatic N) is 4. The predicted molar refractivity (Wildman–Crippen MR) is 114 cm³/mol. The van der Waals surface area contributed by atoms with Crippen LogP contribution in [0, 0.1) is 0 Å². The van der Waals surface area contributed by atoms with E-state index in [1.54, 1.807) is 11.8 Å². The van der Waals surface area contributed by atoms with Crippen molar-refractivity contribution < 1.29 is 4.74 Å². The van der Waals surface area contributed by atoms with Crippen molar-refractivity contribution in [3.8, 4) is 0 Å². The molecule has 0 radical (unpaired) electrons. The molecule has 0 aliphatic carbocycles. The van der Waals surface area contributed by atoms with Crippen LogP contribution in [0.5, 0.6) is 0 Å². The number of nitrogens with one attached hydrogen (secondary N) is 1. The van der Waals surface area contributed by atoms with Gasteiger partial charge >= 0.3 is 0 Å². The molecule has 1 aromatic carbocycles. The highest BCUT2D eigenvalue weighted by molar-refractivity contribution is 7.99. The number of ether oxygens (including phenoxy) is 1. The quantitative estimate of drug-likeness (QED) is 0.452. The van der Waals surface area contributed by atoms with Crippen molar-refractivity contribution in [3.05, 3.63) is 29.3 Å². The molecule has 0 saturated carbocycles. The van der Waals surface area contributed by atoms with Crippen LogP contribution in [0.1, 0.15) is 13.3 Å². The van der Waals surface area contributed by atoms with E-state index in [0.717, 1.165) is 57.4 Å². The van der Waals surface area contributed by atoms with Gasteiger partial charge in [0.25, 0.3) is 0 Å². The number of thiazole rings is 1. The minimum Gasteiger partial charge on any atom is -0.378 e. The van der Waals surface area contributed by atoms with Crippen molar-refractivity contribution in [2.45, 2.75) is 18.5 Å². The highest BCUT2D eigenvalue weighted by Gasteiger charge is 2.21. The van der Waals surface area contributed by atoms with Crippen molar-refractivity contribution >= 4 is 61.7 Å². The summed E-state index contributed by atoms with van der Waals surface area (Å²) in [7, 11) is 0. The summed E-state index contributed by atoms with van der Waals surface area (Å²) in [6, 6.07) is 7.65. The number of morpholine rings is 1. The summed E-state index contributed by atoms with van der Waals surface area (Å²) in [5.74, 6) is 1.89. The van der Waals surface area contributed by atoms with E-state index in [1.807, 2.05) is 24.3 Å². The fraction of sp³-hybridized carbons (Fsp3) is 0.389. The lowest BCUT2D eigenvalue weighted by Gasteiger charge is -2.28. The van der Waals surface area contributed by atoms with E-state index in [0.29, 0.717) is 18.2 Å². The Hall–Kier alpha value is -1.61. The van der Waals surface area contributed by atoms with Gasteiger partial charge in [-0.25, -0.2) is 15.0 Å². The minimum absolute atomic E-state index is 0.662. The highest BCUT2D eigenvalue weighted by atomic mass is 35.5. The van der Waals surface area contributed by atoms with Gasteiger partial charge in [0, 0.05) is 18.8 Å². The predicted octanol–water partition coefficient (Wildman–Crippen LogP) is 4.82. The summed E-state index contributed by atoms with van der Waals surface area (Å²) >= 11 is 9.48. The number of rotatable bonds is 6. The van der Waals surface area contributed by atoms with Gasteiger partial charge in [0.15, 0.2) is 20.9 Å². The Morgan fingerprint density at radius 2 is 2.04 bits per heavy atom. The van der Waals surface area contributed by atoms with E-state index in [2.05, 4.69) is 17.1 Å². The molecule has 9 heteroatoms. The van der Waals surface area contributed by atoms with Crippen molar-refractivity contribution in [2.24, 2.45) is 0 Å². The van der Waals surface area contributed by atoms with Crippen LogP contribution in [0.4, 0.5) is 16.6 Å². The van der Waals surface area contributed by atoms with Crippen LogP contribution in [0.25, 0.3) is 10.3 Å². The zero-order valence-electron chi connectivity index (χ0n) is 14.9. The summed E-state index contributed by atoms with van der Waals surface area (Å²) in [6.07, 6.45) is 1.08. The number of anilines is 3. The first-order valence-corrected chi connectivity index (χ1v) is 11.1. The third-order valence-corrected chi connectivity index (χ3v) is 6.33. The molecule has 0 bridgehead atoms. The number of aromatic nitrogens is 3. The Labute approximate surface area is 171 Å². The Balaban J connectivity index is 1.72. The number of fused-ring (bicyclic) bond motifs is 1. The number of para-hydroxylation sites is 1. The van der Waals surface area contributed by atoms with E-state index in [-0.39, 0.29) is 0 Å². The lowest BCUT2D eigenvalue weighted by atomic mass is 10.3. The molecule has 0 amide bonds. The fourth-order valence-electron chi connectivity index (χ4n) is 2.77. The van der Waals surface area contributed by atoms with Gasteiger partial charge < -0.3 is 15.0 Å². The van der Waals surface area contributed by atoms with E-state index in [9.17, 15) is 0 Å². The number of hydrogen-bond donors (Lipinski definition) is 1. The maximum absolute atomic E-state index is 6.27. The number of hydrogen-bond acceptors (Lipinski definition) is 8. The molecule has 1 aliphatic rings. The summed E-state index contributed by atoms with van der Waals surface area (Å²) in [4.78, 5) is 17.4. The third kappa shape index (κ3) is 4.29. The molecule has 0 unspecified atom stereocenters. The smallest absolute Gasteiger partial charge is 0.191 e. The number of benzene rings is 1. The largest absolute Gasteiger partial charge is 0.378 e. The van der Waals surface area contributed by atoms with Crippen LogP contribution in [0.2, 0.25) is 5.02 Å². The zero-order chi connectivity index (χ0) is 18.6. The van der Waals surface area contributed by atoms with Crippen molar-refractivity contribution in [1.82, 2.24) is 15.0 Å². The van der Waals surface area contributed by atoms with Crippen LogP contribution >= 0.6 is 34.7 Å². The first kappa shape index (κ1) is 18.7. The van der Waals surface area contributed by atoms with Gasteiger partial charge in [0.1, 0.15) is 5.52 Å². The average Bonchev–Trinajstić information content (AvgIpc) is 3.10. The summed E-state index contributed by atoms with van der Waals surface area (Å²) in [6.45, 7) is 5.20. The molecule has 142 valence electrons. The molecule has 3 aromatic rings. The third-order valence-electron chi connectivity index (χ3n) is 4.08. The monoisotopic (exact) mass is 421 g/mol. The van der Waals surface area contributed by atoms with Gasteiger partial charge in [-0.05, 0) is 18.6 Å². The van der Waals surface area contributed by atoms with E-state index in [4.69, 9.17) is 31.3 Å². The standard InChI is InChI=1S/C18H20ClN5OS2/c1-2-11-26-17-22-15(24-7-9-25-10-8-24)14-16(23-17)27-18(21-14)20-13-6-4-3-5-12(13)19/h3-6H,2,7-11H2,1H3,(H,20,21). The second-order valence-electron chi connectivity index (χ2n) is 6.06. The van der Waals surface area contributed by atoms with Crippen LogP contribution < -0.4 is 10.2 Å². The molecule has 0 spiro atoms. The van der Waals surface area contributed by atoms with Gasteiger partial charge in [-0.3, -0.25) is 0 Å². The summed E-state index contributed by atoms with van der Waals surface area (Å²) < 4.78 is 5.49. The first-order chi connectivity index (χ1) is 13.2. The van der Waals surface area contributed by atoms with E-state index in [1.165, 1.54) is 11.3 Å². The molecular formula is C18H20ClN5OS2. The van der Waals surface area contributed by atoms with Crippen molar-refractivity contribution in [3.63, 3.8) is 0 Å². The van der Waals surface area contributed by atoms with Gasteiger partial charge in [-0.15, -0.1) is 0 Å². The summed E-state index contributed by atoms with van der Waals surface area (Å²) in [5.41, 5.74) is 1.66. The maximum Gasteiger partial charge on any atom is 0.191 e.